The Morgan fingerprint density at radius 2 is 2.12 bits per heavy atom. The highest BCUT2D eigenvalue weighted by molar-refractivity contribution is 7.98. The van der Waals surface area contributed by atoms with E-state index in [0.717, 1.165) is 5.75 Å². The Balaban J connectivity index is 2.53. The minimum absolute atomic E-state index is 0.422. The van der Waals surface area contributed by atoms with Crippen molar-refractivity contribution in [1.29, 1.82) is 0 Å². The Labute approximate surface area is 101 Å². The van der Waals surface area contributed by atoms with E-state index in [4.69, 9.17) is 0 Å². The molecule has 1 aromatic carbocycles. The van der Waals surface area contributed by atoms with Gasteiger partial charge in [-0.2, -0.15) is 11.8 Å². The lowest BCUT2D eigenvalue weighted by molar-refractivity contribution is 0.663. The van der Waals surface area contributed by atoms with E-state index >= 15 is 0 Å². The third-order valence-electron chi connectivity index (χ3n) is 2.97. The molecule has 2 N–H and O–H groups in total. The fourth-order valence-electron chi connectivity index (χ4n) is 2.23. The summed E-state index contributed by atoms with van der Waals surface area (Å²) in [5, 5.41) is 4.74. The van der Waals surface area contributed by atoms with E-state index in [1.165, 1.54) is 22.2 Å². The van der Waals surface area contributed by atoms with Crippen molar-refractivity contribution >= 4 is 22.7 Å². The van der Waals surface area contributed by atoms with Gasteiger partial charge in [0.15, 0.2) is 0 Å². The summed E-state index contributed by atoms with van der Waals surface area (Å²) in [6, 6.07) is 8.93. The number of hydrogen-bond acceptors (Lipinski definition) is 2. The van der Waals surface area contributed by atoms with Crippen LogP contribution in [0.25, 0.3) is 10.9 Å². The zero-order valence-corrected chi connectivity index (χ0v) is 10.8. The van der Waals surface area contributed by atoms with E-state index in [1.54, 1.807) is 0 Å². The summed E-state index contributed by atoms with van der Waals surface area (Å²) in [6.45, 7) is 2.15. The number of benzene rings is 1. The molecule has 1 aromatic heterocycles. The van der Waals surface area contributed by atoms with Gasteiger partial charge in [-0.3, -0.25) is 0 Å². The predicted molar refractivity (Wildman–Crippen MR) is 73.2 cm³/mol. The number of aromatic nitrogens is 1. The maximum Gasteiger partial charge on any atom is 0.0459 e. The third-order valence-corrected chi connectivity index (χ3v) is 3.64. The van der Waals surface area contributed by atoms with Gasteiger partial charge in [-0.1, -0.05) is 18.2 Å². The SMILES string of the molecule is CNC(CSC)c1c(C)[nH]c2ccccc12. The monoisotopic (exact) mass is 234 g/mol. The Bertz CT molecular complexity index is 476. The van der Waals surface area contributed by atoms with Crippen LogP contribution in [0, 0.1) is 6.92 Å². The maximum atomic E-state index is 3.45. The second-order valence-electron chi connectivity index (χ2n) is 4.01. The minimum Gasteiger partial charge on any atom is -0.358 e. The van der Waals surface area contributed by atoms with E-state index < -0.39 is 0 Å². The van der Waals surface area contributed by atoms with Gasteiger partial charge in [-0.05, 0) is 31.9 Å². The second-order valence-corrected chi connectivity index (χ2v) is 4.92. The summed E-state index contributed by atoms with van der Waals surface area (Å²) in [5.41, 5.74) is 3.92. The lowest BCUT2D eigenvalue weighted by Crippen LogP contribution is -2.19. The summed E-state index contributed by atoms with van der Waals surface area (Å²) < 4.78 is 0. The summed E-state index contributed by atoms with van der Waals surface area (Å²) in [7, 11) is 2.03. The van der Waals surface area contributed by atoms with Crippen LogP contribution in [0.5, 0.6) is 0 Å². The van der Waals surface area contributed by atoms with Crippen molar-refractivity contribution in [3.8, 4) is 0 Å². The molecule has 2 nitrogen and oxygen atoms in total. The Hall–Kier alpha value is -0.930. The van der Waals surface area contributed by atoms with Crippen LogP contribution in [0.2, 0.25) is 0 Å². The molecule has 1 atom stereocenters. The highest BCUT2D eigenvalue weighted by atomic mass is 32.2. The molecule has 3 heteroatoms. The molecule has 0 fully saturated rings. The quantitative estimate of drug-likeness (QED) is 0.850. The molecule has 0 radical (unpaired) electrons. The maximum absolute atomic E-state index is 3.45. The van der Waals surface area contributed by atoms with Crippen LogP contribution in [0.3, 0.4) is 0 Å². The van der Waals surface area contributed by atoms with Crippen molar-refractivity contribution in [3.05, 3.63) is 35.5 Å². The molecular weight excluding hydrogens is 216 g/mol. The predicted octanol–water partition coefficient (Wildman–Crippen LogP) is 3.10. The first-order chi connectivity index (χ1) is 7.77. The molecule has 0 aliphatic rings. The van der Waals surface area contributed by atoms with Gasteiger partial charge < -0.3 is 10.3 Å². The summed E-state index contributed by atoms with van der Waals surface area (Å²) >= 11 is 1.87. The smallest absolute Gasteiger partial charge is 0.0459 e. The van der Waals surface area contributed by atoms with Gasteiger partial charge in [0.05, 0.1) is 0 Å². The first-order valence-electron chi connectivity index (χ1n) is 5.51. The van der Waals surface area contributed by atoms with Crippen molar-refractivity contribution in [2.24, 2.45) is 0 Å². The van der Waals surface area contributed by atoms with Gasteiger partial charge in [0, 0.05) is 28.4 Å². The summed E-state index contributed by atoms with van der Waals surface area (Å²) in [4.78, 5) is 3.45. The van der Waals surface area contributed by atoms with Crippen LogP contribution < -0.4 is 5.32 Å². The molecule has 0 amide bonds. The summed E-state index contributed by atoms with van der Waals surface area (Å²) in [6.07, 6.45) is 2.15. The van der Waals surface area contributed by atoms with Crippen molar-refractivity contribution < 1.29 is 0 Å². The number of hydrogen-bond donors (Lipinski definition) is 2. The second kappa shape index (κ2) is 4.93. The van der Waals surface area contributed by atoms with E-state index in [-0.39, 0.29) is 0 Å². The van der Waals surface area contributed by atoms with E-state index in [9.17, 15) is 0 Å². The van der Waals surface area contributed by atoms with Crippen LogP contribution in [0.15, 0.2) is 24.3 Å². The molecule has 1 heterocycles. The molecule has 0 saturated heterocycles. The van der Waals surface area contributed by atoms with Gasteiger partial charge >= 0.3 is 0 Å². The lowest BCUT2D eigenvalue weighted by atomic mass is 10.0. The minimum atomic E-state index is 0.422. The zero-order chi connectivity index (χ0) is 11.5. The number of thioether (sulfide) groups is 1. The topological polar surface area (TPSA) is 27.8 Å². The van der Waals surface area contributed by atoms with Gasteiger partial charge in [-0.15, -0.1) is 0 Å². The first kappa shape index (κ1) is 11.6. The Kier molecular flexibility index (Phi) is 3.56. The van der Waals surface area contributed by atoms with E-state index in [0.29, 0.717) is 6.04 Å². The molecule has 2 rings (SSSR count). The third kappa shape index (κ3) is 1.97. The van der Waals surface area contributed by atoms with Crippen molar-refractivity contribution in [2.75, 3.05) is 19.1 Å². The van der Waals surface area contributed by atoms with Gasteiger partial charge in [0.25, 0.3) is 0 Å². The van der Waals surface area contributed by atoms with Gasteiger partial charge in [0.2, 0.25) is 0 Å². The average molecular weight is 234 g/mol. The molecule has 2 aromatic rings. The number of rotatable bonds is 4. The fourth-order valence-corrected chi connectivity index (χ4v) is 2.89. The fraction of sp³-hybridized carbons (Fsp3) is 0.385. The summed E-state index contributed by atoms with van der Waals surface area (Å²) in [5.74, 6) is 1.10. The molecule has 0 bridgehead atoms. The zero-order valence-electron chi connectivity index (χ0n) is 10.0. The standard InChI is InChI=1S/C13H18N2S/c1-9-13(12(14-2)8-16-3)10-6-4-5-7-11(10)15-9/h4-7,12,14-15H,8H2,1-3H3. The van der Waals surface area contributed by atoms with Crippen molar-refractivity contribution in [1.82, 2.24) is 10.3 Å². The molecule has 0 aliphatic carbocycles. The van der Waals surface area contributed by atoms with E-state index in [1.807, 2.05) is 18.8 Å². The highest BCUT2D eigenvalue weighted by Crippen LogP contribution is 2.29. The Morgan fingerprint density at radius 3 is 2.81 bits per heavy atom. The molecule has 16 heavy (non-hydrogen) atoms. The highest BCUT2D eigenvalue weighted by Gasteiger charge is 2.16. The van der Waals surface area contributed by atoms with Crippen LogP contribution in [-0.4, -0.2) is 24.0 Å². The lowest BCUT2D eigenvalue weighted by Gasteiger charge is -2.15. The molecule has 86 valence electrons. The van der Waals surface area contributed by atoms with Gasteiger partial charge in [0.1, 0.15) is 0 Å². The van der Waals surface area contributed by atoms with Crippen molar-refractivity contribution in [2.45, 2.75) is 13.0 Å². The number of aromatic amines is 1. The largest absolute Gasteiger partial charge is 0.358 e. The molecule has 0 aliphatic heterocycles. The number of fused-ring (bicyclic) bond motifs is 1. The van der Waals surface area contributed by atoms with Crippen LogP contribution in [0.4, 0.5) is 0 Å². The Morgan fingerprint density at radius 1 is 1.38 bits per heavy atom. The van der Waals surface area contributed by atoms with Crippen LogP contribution in [-0.2, 0) is 0 Å². The number of nitrogens with one attached hydrogen (secondary N) is 2. The van der Waals surface area contributed by atoms with E-state index in [2.05, 4.69) is 47.7 Å². The van der Waals surface area contributed by atoms with Crippen molar-refractivity contribution in [3.63, 3.8) is 0 Å². The van der Waals surface area contributed by atoms with Gasteiger partial charge in [-0.25, -0.2) is 0 Å². The molecule has 1 unspecified atom stereocenters. The number of aryl methyl sites for hydroxylation is 1. The van der Waals surface area contributed by atoms with Crippen LogP contribution >= 0.6 is 11.8 Å². The average Bonchev–Trinajstić information content (AvgIpc) is 2.62. The molecular formula is C13H18N2S. The van der Waals surface area contributed by atoms with Crippen LogP contribution in [0.1, 0.15) is 17.3 Å². The number of H-pyrrole nitrogens is 1. The number of para-hydroxylation sites is 1. The normalized spacial score (nSPS) is 13.2. The molecule has 0 saturated carbocycles. The first-order valence-corrected chi connectivity index (χ1v) is 6.90. The molecule has 0 spiro atoms.